The van der Waals surface area contributed by atoms with Crippen molar-refractivity contribution >= 4 is 70.8 Å². The highest BCUT2D eigenvalue weighted by atomic mass is 79.9. The Morgan fingerprint density at radius 3 is 2.11 bits per heavy atom. The zero-order valence-electron chi connectivity index (χ0n) is 20.1. The molecular formula is C24H24BrCl2N3O5S2. The van der Waals surface area contributed by atoms with Crippen LogP contribution in [-0.4, -0.2) is 52.0 Å². The molecule has 13 heteroatoms. The van der Waals surface area contributed by atoms with Crippen LogP contribution in [0.1, 0.15) is 11.1 Å². The van der Waals surface area contributed by atoms with E-state index >= 15 is 0 Å². The van der Waals surface area contributed by atoms with Crippen molar-refractivity contribution in [1.82, 2.24) is 8.61 Å². The monoisotopic (exact) mass is 647 g/mol. The molecule has 8 nitrogen and oxygen atoms in total. The van der Waals surface area contributed by atoms with Gasteiger partial charge < -0.3 is 5.32 Å². The third kappa shape index (κ3) is 7.11. The molecule has 3 aromatic rings. The molecule has 37 heavy (non-hydrogen) atoms. The zero-order chi connectivity index (χ0) is 27.5. The predicted molar refractivity (Wildman–Crippen MR) is 149 cm³/mol. The van der Waals surface area contributed by atoms with E-state index in [4.69, 9.17) is 23.2 Å². The minimum atomic E-state index is -4.13. The number of halogens is 3. The third-order valence-corrected chi connectivity index (χ3v) is 10.1. The van der Waals surface area contributed by atoms with E-state index in [1.54, 1.807) is 37.3 Å². The van der Waals surface area contributed by atoms with Gasteiger partial charge in [-0.05, 0) is 66.6 Å². The van der Waals surface area contributed by atoms with Gasteiger partial charge in [0.15, 0.2) is 0 Å². The van der Waals surface area contributed by atoms with E-state index in [9.17, 15) is 21.6 Å². The lowest BCUT2D eigenvalue weighted by atomic mass is 10.2. The Bertz CT molecular complexity index is 1530. The number of benzene rings is 3. The van der Waals surface area contributed by atoms with Crippen molar-refractivity contribution in [1.29, 1.82) is 0 Å². The Morgan fingerprint density at radius 1 is 0.892 bits per heavy atom. The minimum absolute atomic E-state index is 0.00862. The molecule has 0 aliphatic heterocycles. The number of carbonyl (C=O) groups is 1. The maximum absolute atomic E-state index is 13.5. The molecular weight excluding hydrogens is 625 g/mol. The van der Waals surface area contributed by atoms with Crippen molar-refractivity contribution in [3.05, 3.63) is 86.3 Å². The van der Waals surface area contributed by atoms with Crippen LogP contribution >= 0.6 is 39.1 Å². The van der Waals surface area contributed by atoms with Crippen LogP contribution in [0.2, 0.25) is 10.0 Å². The Kier molecular flexibility index (Phi) is 9.44. The van der Waals surface area contributed by atoms with E-state index in [-0.39, 0.29) is 27.0 Å². The third-order valence-electron chi connectivity index (χ3n) is 5.39. The second kappa shape index (κ2) is 11.8. The van der Waals surface area contributed by atoms with Crippen LogP contribution in [0.15, 0.2) is 74.9 Å². The molecule has 198 valence electrons. The summed E-state index contributed by atoms with van der Waals surface area (Å²) < 4.78 is 54.8. The first-order valence-corrected chi connectivity index (χ1v) is 15.2. The summed E-state index contributed by atoms with van der Waals surface area (Å²) in [6.07, 6.45) is 0. The van der Waals surface area contributed by atoms with Gasteiger partial charge in [0.25, 0.3) is 0 Å². The molecule has 0 spiro atoms. The van der Waals surface area contributed by atoms with Gasteiger partial charge in [0.2, 0.25) is 26.0 Å². The fourth-order valence-corrected chi connectivity index (χ4v) is 6.31. The van der Waals surface area contributed by atoms with Gasteiger partial charge in [-0.2, -0.15) is 4.31 Å². The van der Waals surface area contributed by atoms with Crippen LogP contribution in [0, 0.1) is 6.92 Å². The van der Waals surface area contributed by atoms with Crippen molar-refractivity contribution in [3.8, 4) is 0 Å². The largest absolute Gasteiger partial charge is 0.325 e. The molecule has 0 aromatic heterocycles. The number of amides is 1. The van der Waals surface area contributed by atoms with Crippen molar-refractivity contribution in [2.75, 3.05) is 26.0 Å². The summed E-state index contributed by atoms with van der Waals surface area (Å²) >= 11 is 15.6. The maximum Gasteiger partial charge on any atom is 0.243 e. The number of anilines is 1. The number of carbonyl (C=O) groups excluding carboxylic acids is 1. The first-order chi connectivity index (χ1) is 17.2. The zero-order valence-corrected chi connectivity index (χ0v) is 24.8. The molecule has 3 aromatic carbocycles. The van der Waals surface area contributed by atoms with Crippen LogP contribution in [0.5, 0.6) is 0 Å². The summed E-state index contributed by atoms with van der Waals surface area (Å²) in [4.78, 5) is 13.1. The van der Waals surface area contributed by atoms with Crippen LogP contribution in [0.3, 0.4) is 0 Å². The van der Waals surface area contributed by atoms with Crippen molar-refractivity contribution in [2.45, 2.75) is 23.3 Å². The normalized spacial score (nSPS) is 12.2. The summed E-state index contributed by atoms with van der Waals surface area (Å²) in [6.45, 7) is 0.947. The Balaban J connectivity index is 1.95. The van der Waals surface area contributed by atoms with Crippen molar-refractivity contribution in [3.63, 3.8) is 0 Å². The highest BCUT2D eigenvalue weighted by Gasteiger charge is 2.28. The Morgan fingerprint density at radius 2 is 1.51 bits per heavy atom. The van der Waals surface area contributed by atoms with E-state index in [1.807, 2.05) is 0 Å². The molecule has 0 saturated heterocycles. The first-order valence-electron chi connectivity index (χ1n) is 10.7. The molecule has 0 radical (unpaired) electrons. The lowest BCUT2D eigenvalue weighted by Gasteiger charge is -2.23. The molecule has 0 aliphatic carbocycles. The number of hydrogen-bond acceptors (Lipinski definition) is 5. The van der Waals surface area contributed by atoms with Crippen LogP contribution in [0.4, 0.5) is 5.69 Å². The van der Waals surface area contributed by atoms with E-state index in [0.717, 1.165) is 8.61 Å². The smallest absolute Gasteiger partial charge is 0.243 e. The molecule has 0 unspecified atom stereocenters. The number of sulfonamides is 2. The van der Waals surface area contributed by atoms with Crippen LogP contribution < -0.4 is 5.32 Å². The molecule has 1 N–H and O–H groups in total. The van der Waals surface area contributed by atoms with E-state index in [0.29, 0.717) is 20.6 Å². The average molecular weight is 649 g/mol. The van der Waals surface area contributed by atoms with Gasteiger partial charge in [-0.1, -0.05) is 51.3 Å². The van der Waals surface area contributed by atoms with Gasteiger partial charge in [0.05, 0.1) is 16.3 Å². The van der Waals surface area contributed by atoms with Crippen molar-refractivity contribution in [2.24, 2.45) is 0 Å². The van der Waals surface area contributed by atoms with Gasteiger partial charge in [-0.15, -0.1) is 0 Å². The molecule has 0 saturated carbocycles. The summed E-state index contributed by atoms with van der Waals surface area (Å²) in [5.41, 5.74) is 1.31. The lowest BCUT2D eigenvalue weighted by Crippen LogP contribution is -2.37. The van der Waals surface area contributed by atoms with Gasteiger partial charge in [-0.25, -0.2) is 21.1 Å². The quantitative estimate of drug-likeness (QED) is 0.346. The maximum atomic E-state index is 13.5. The molecule has 0 fully saturated rings. The predicted octanol–water partition coefficient (Wildman–Crippen LogP) is 5.14. The Labute approximate surface area is 235 Å². The standard InChI is InChI=1S/C24H24BrCl2N3O5S2/c1-16-4-9-21(36(32,33)29(2)3)13-23(16)28-24(31)15-30(14-17-5-8-19(26)12-22(17)27)37(34,35)20-10-6-18(25)7-11-20/h4-13H,14-15H2,1-3H3,(H,28,31). The second-order valence-electron chi connectivity index (χ2n) is 8.28. The summed E-state index contributed by atoms with van der Waals surface area (Å²) in [7, 11) is -5.06. The number of nitrogens with one attached hydrogen (secondary N) is 1. The Hall–Kier alpha value is -1.99. The summed E-state index contributed by atoms with van der Waals surface area (Å²) in [6, 6.07) is 15.0. The van der Waals surface area contributed by atoms with E-state index in [2.05, 4.69) is 21.2 Å². The number of aryl methyl sites for hydroxylation is 1. The van der Waals surface area contributed by atoms with E-state index in [1.165, 1.54) is 44.4 Å². The molecule has 3 rings (SSSR count). The van der Waals surface area contributed by atoms with Gasteiger partial charge in [-0.3, -0.25) is 4.79 Å². The number of nitrogens with zero attached hydrogens (tertiary/aromatic N) is 2. The topological polar surface area (TPSA) is 104 Å². The summed E-state index contributed by atoms with van der Waals surface area (Å²) in [5.74, 6) is -0.659. The molecule has 0 atom stereocenters. The second-order valence-corrected chi connectivity index (χ2v) is 14.1. The van der Waals surface area contributed by atoms with Crippen molar-refractivity contribution < 1.29 is 21.6 Å². The molecule has 0 aliphatic rings. The molecule has 0 bridgehead atoms. The highest BCUT2D eigenvalue weighted by Crippen LogP contribution is 2.27. The first kappa shape index (κ1) is 29.6. The number of rotatable bonds is 9. The fourth-order valence-electron chi connectivity index (χ4n) is 3.28. The molecule has 1 amide bonds. The van der Waals surface area contributed by atoms with Crippen LogP contribution in [0.25, 0.3) is 0 Å². The van der Waals surface area contributed by atoms with Gasteiger partial charge >= 0.3 is 0 Å². The van der Waals surface area contributed by atoms with Crippen LogP contribution in [-0.2, 0) is 31.4 Å². The SMILES string of the molecule is Cc1ccc(S(=O)(=O)N(C)C)cc1NC(=O)CN(Cc1ccc(Cl)cc1Cl)S(=O)(=O)c1ccc(Br)cc1. The average Bonchev–Trinajstić information content (AvgIpc) is 2.81. The highest BCUT2D eigenvalue weighted by molar-refractivity contribution is 9.10. The van der Waals surface area contributed by atoms with E-state index < -0.39 is 32.5 Å². The molecule has 0 heterocycles. The lowest BCUT2D eigenvalue weighted by molar-refractivity contribution is -0.116. The van der Waals surface area contributed by atoms with Gasteiger partial charge in [0, 0.05) is 40.8 Å². The summed E-state index contributed by atoms with van der Waals surface area (Å²) in [5, 5.41) is 3.28. The van der Waals surface area contributed by atoms with Gasteiger partial charge in [0.1, 0.15) is 0 Å². The number of hydrogen-bond donors (Lipinski definition) is 1. The fraction of sp³-hybridized carbons (Fsp3) is 0.208. The minimum Gasteiger partial charge on any atom is -0.325 e.